The molecule has 0 saturated carbocycles. The SMILES string of the molecule is Cc1ccccc1-n1nnc(C(=O)Nc2nc3c(Br)cccc3s2)c1C. The molecular formula is C18H14BrN5OS. The van der Waals surface area contributed by atoms with Crippen LogP contribution in [0.5, 0.6) is 0 Å². The molecule has 26 heavy (non-hydrogen) atoms. The maximum absolute atomic E-state index is 12.7. The summed E-state index contributed by atoms with van der Waals surface area (Å²) in [6.07, 6.45) is 0. The van der Waals surface area contributed by atoms with Crippen LogP contribution in [0.15, 0.2) is 46.9 Å². The number of nitrogens with zero attached hydrogens (tertiary/aromatic N) is 4. The van der Waals surface area contributed by atoms with Crippen molar-refractivity contribution >= 4 is 48.5 Å². The van der Waals surface area contributed by atoms with Crippen molar-refractivity contribution < 1.29 is 4.79 Å². The molecule has 0 aliphatic carbocycles. The van der Waals surface area contributed by atoms with Crippen LogP contribution in [0.3, 0.4) is 0 Å². The number of benzene rings is 2. The van der Waals surface area contributed by atoms with Crippen LogP contribution in [0.1, 0.15) is 21.7 Å². The van der Waals surface area contributed by atoms with Crippen LogP contribution in [-0.2, 0) is 0 Å². The molecule has 0 radical (unpaired) electrons. The second-order valence-corrected chi connectivity index (χ2v) is 7.67. The summed E-state index contributed by atoms with van der Waals surface area (Å²) in [5.41, 5.74) is 3.75. The lowest BCUT2D eigenvalue weighted by molar-refractivity contribution is 0.102. The molecule has 0 bridgehead atoms. The van der Waals surface area contributed by atoms with Gasteiger partial charge in [-0.25, -0.2) is 9.67 Å². The van der Waals surface area contributed by atoms with Gasteiger partial charge in [0.2, 0.25) is 0 Å². The van der Waals surface area contributed by atoms with Crippen LogP contribution in [0.25, 0.3) is 15.9 Å². The molecule has 1 amide bonds. The van der Waals surface area contributed by atoms with E-state index in [1.54, 1.807) is 4.68 Å². The van der Waals surface area contributed by atoms with Gasteiger partial charge in [-0.3, -0.25) is 10.1 Å². The number of nitrogens with one attached hydrogen (secondary N) is 1. The molecule has 1 N–H and O–H groups in total. The number of aryl methyl sites for hydroxylation is 1. The lowest BCUT2D eigenvalue weighted by Crippen LogP contribution is -2.14. The van der Waals surface area contributed by atoms with Crippen LogP contribution in [0.2, 0.25) is 0 Å². The summed E-state index contributed by atoms with van der Waals surface area (Å²) >= 11 is 4.89. The van der Waals surface area contributed by atoms with E-state index in [4.69, 9.17) is 0 Å². The molecule has 6 nitrogen and oxygen atoms in total. The third-order valence-electron chi connectivity index (χ3n) is 4.04. The molecule has 130 valence electrons. The highest BCUT2D eigenvalue weighted by molar-refractivity contribution is 9.10. The predicted octanol–water partition coefficient (Wildman–Crippen LogP) is 4.51. The zero-order valence-corrected chi connectivity index (χ0v) is 16.4. The van der Waals surface area contributed by atoms with Gasteiger partial charge in [0.1, 0.15) is 0 Å². The molecule has 0 saturated heterocycles. The minimum absolute atomic E-state index is 0.284. The maximum atomic E-state index is 12.7. The Balaban J connectivity index is 1.64. The minimum Gasteiger partial charge on any atom is -0.296 e. The van der Waals surface area contributed by atoms with Crippen LogP contribution >= 0.6 is 27.3 Å². The molecule has 2 heterocycles. The Kier molecular flexibility index (Phi) is 4.29. The predicted molar refractivity (Wildman–Crippen MR) is 106 cm³/mol. The normalized spacial score (nSPS) is 11.0. The van der Waals surface area contributed by atoms with Gasteiger partial charge in [0.25, 0.3) is 5.91 Å². The van der Waals surface area contributed by atoms with Crippen molar-refractivity contribution in [3.63, 3.8) is 0 Å². The number of halogens is 1. The molecule has 0 atom stereocenters. The second-order valence-electron chi connectivity index (χ2n) is 5.78. The van der Waals surface area contributed by atoms with Gasteiger partial charge in [-0.1, -0.05) is 40.8 Å². The first-order valence-electron chi connectivity index (χ1n) is 7.89. The molecule has 0 aliphatic heterocycles. The number of hydrogen-bond acceptors (Lipinski definition) is 5. The standard InChI is InChI=1S/C18H14BrN5OS/c1-10-6-3-4-8-13(10)24-11(2)15(22-23-24)17(25)21-18-20-16-12(19)7-5-9-14(16)26-18/h3-9H,1-2H3,(H,20,21,25). The highest BCUT2D eigenvalue weighted by Gasteiger charge is 2.19. The van der Waals surface area contributed by atoms with E-state index in [0.29, 0.717) is 10.8 Å². The van der Waals surface area contributed by atoms with E-state index in [1.165, 1.54) is 11.3 Å². The number of thiazole rings is 1. The number of carbonyl (C=O) groups is 1. The van der Waals surface area contributed by atoms with E-state index >= 15 is 0 Å². The van der Waals surface area contributed by atoms with Crippen LogP contribution in [0, 0.1) is 13.8 Å². The van der Waals surface area contributed by atoms with E-state index in [2.05, 4.69) is 36.5 Å². The van der Waals surface area contributed by atoms with Crippen molar-refractivity contribution in [3.8, 4) is 5.69 Å². The van der Waals surface area contributed by atoms with Crippen LogP contribution in [0.4, 0.5) is 5.13 Å². The van der Waals surface area contributed by atoms with Gasteiger partial charge in [-0.15, -0.1) is 5.10 Å². The van der Waals surface area contributed by atoms with Gasteiger partial charge in [-0.05, 0) is 53.5 Å². The zero-order chi connectivity index (χ0) is 18.3. The topological polar surface area (TPSA) is 72.7 Å². The molecule has 0 aliphatic rings. The zero-order valence-electron chi connectivity index (χ0n) is 14.0. The molecular weight excluding hydrogens is 414 g/mol. The van der Waals surface area contributed by atoms with Crippen molar-refractivity contribution in [2.45, 2.75) is 13.8 Å². The number of para-hydroxylation sites is 2. The third-order valence-corrected chi connectivity index (χ3v) is 5.62. The van der Waals surface area contributed by atoms with Crippen molar-refractivity contribution in [1.82, 2.24) is 20.0 Å². The van der Waals surface area contributed by atoms with E-state index in [9.17, 15) is 4.79 Å². The van der Waals surface area contributed by atoms with Gasteiger partial charge in [0, 0.05) is 4.47 Å². The Bertz CT molecular complexity index is 1130. The Labute approximate surface area is 162 Å². The number of anilines is 1. The molecule has 4 aromatic rings. The van der Waals surface area contributed by atoms with Crippen molar-refractivity contribution in [2.24, 2.45) is 0 Å². The van der Waals surface area contributed by atoms with Crippen molar-refractivity contribution in [3.05, 3.63) is 63.9 Å². The average Bonchev–Trinajstić information content (AvgIpc) is 3.19. The number of hydrogen-bond donors (Lipinski definition) is 1. The molecule has 2 aromatic heterocycles. The van der Waals surface area contributed by atoms with Gasteiger partial charge < -0.3 is 0 Å². The van der Waals surface area contributed by atoms with Gasteiger partial charge in [0.05, 0.1) is 21.6 Å². The average molecular weight is 428 g/mol. The molecule has 0 spiro atoms. The van der Waals surface area contributed by atoms with Crippen LogP contribution < -0.4 is 5.32 Å². The maximum Gasteiger partial charge on any atom is 0.279 e. The molecule has 2 aromatic carbocycles. The minimum atomic E-state index is -0.322. The quantitative estimate of drug-likeness (QED) is 0.521. The van der Waals surface area contributed by atoms with E-state index < -0.39 is 0 Å². The molecule has 8 heteroatoms. The first kappa shape index (κ1) is 16.9. The largest absolute Gasteiger partial charge is 0.296 e. The summed E-state index contributed by atoms with van der Waals surface area (Å²) in [5, 5.41) is 11.6. The number of fused-ring (bicyclic) bond motifs is 1. The summed E-state index contributed by atoms with van der Waals surface area (Å²) in [5.74, 6) is -0.322. The number of rotatable bonds is 3. The van der Waals surface area contributed by atoms with E-state index in [-0.39, 0.29) is 11.6 Å². The number of aromatic nitrogens is 4. The highest BCUT2D eigenvalue weighted by atomic mass is 79.9. The molecule has 0 unspecified atom stereocenters. The van der Waals surface area contributed by atoms with E-state index in [0.717, 1.165) is 25.9 Å². The summed E-state index contributed by atoms with van der Waals surface area (Å²) in [6.45, 7) is 3.82. The van der Waals surface area contributed by atoms with Crippen molar-refractivity contribution in [1.29, 1.82) is 0 Å². The van der Waals surface area contributed by atoms with Gasteiger partial charge in [0.15, 0.2) is 10.8 Å². The summed E-state index contributed by atoms with van der Waals surface area (Å²) in [4.78, 5) is 17.1. The lowest BCUT2D eigenvalue weighted by Gasteiger charge is -2.06. The summed E-state index contributed by atoms with van der Waals surface area (Å²) in [7, 11) is 0. The highest BCUT2D eigenvalue weighted by Crippen LogP contribution is 2.31. The van der Waals surface area contributed by atoms with Gasteiger partial charge in [-0.2, -0.15) is 0 Å². The van der Waals surface area contributed by atoms with Gasteiger partial charge >= 0.3 is 0 Å². The number of carbonyl (C=O) groups excluding carboxylic acids is 1. The fraction of sp³-hybridized carbons (Fsp3) is 0.111. The summed E-state index contributed by atoms with van der Waals surface area (Å²) in [6, 6.07) is 13.7. The monoisotopic (exact) mass is 427 g/mol. The third kappa shape index (κ3) is 2.91. The fourth-order valence-corrected chi connectivity index (χ4v) is 4.17. The Hall–Kier alpha value is -2.58. The first-order valence-corrected chi connectivity index (χ1v) is 9.50. The Morgan fingerprint density at radius 3 is 2.73 bits per heavy atom. The second kappa shape index (κ2) is 6.62. The Morgan fingerprint density at radius 2 is 1.96 bits per heavy atom. The molecule has 4 rings (SSSR count). The Morgan fingerprint density at radius 1 is 1.15 bits per heavy atom. The fourth-order valence-electron chi connectivity index (χ4n) is 2.69. The van der Waals surface area contributed by atoms with E-state index in [1.807, 2.05) is 56.3 Å². The summed E-state index contributed by atoms with van der Waals surface area (Å²) < 4.78 is 3.57. The lowest BCUT2D eigenvalue weighted by atomic mass is 10.2. The number of amides is 1. The first-order chi connectivity index (χ1) is 12.5. The van der Waals surface area contributed by atoms with Crippen LogP contribution in [-0.4, -0.2) is 25.9 Å². The molecule has 0 fully saturated rings. The van der Waals surface area contributed by atoms with Crippen molar-refractivity contribution in [2.75, 3.05) is 5.32 Å². The smallest absolute Gasteiger partial charge is 0.279 e.